The van der Waals surface area contributed by atoms with Crippen molar-refractivity contribution in [2.75, 3.05) is 32.7 Å². The topological polar surface area (TPSA) is 36.4 Å². The van der Waals surface area contributed by atoms with Crippen molar-refractivity contribution in [2.45, 2.75) is 20.3 Å². The SMILES string of the molecule is CC(C)CCN1CCN(C(=O)c2csc(-c3cc(Br)cs3)n2)CC1. The van der Waals surface area contributed by atoms with Gasteiger partial charge in [-0.2, -0.15) is 0 Å². The maximum atomic E-state index is 12.7. The number of thiazole rings is 1. The van der Waals surface area contributed by atoms with Crippen molar-refractivity contribution in [3.63, 3.8) is 0 Å². The summed E-state index contributed by atoms with van der Waals surface area (Å²) in [7, 11) is 0. The predicted octanol–water partition coefficient (Wildman–Crippen LogP) is 4.44. The average molecular weight is 428 g/mol. The van der Waals surface area contributed by atoms with Crippen LogP contribution in [0.3, 0.4) is 0 Å². The van der Waals surface area contributed by atoms with Crippen LogP contribution in [0, 0.1) is 5.92 Å². The molecule has 0 aromatic carbocycles. The van der Waals surface area contributed by atoms with Crippen LogP contribution in [-0.2, 0) is 0 Å². The van der Waals surface area contributed by atoms with Crippen LogP contribution >= 0.6 is 38.6 Å². The van der Waals surface area contributed by atoms with Crippen LogP contribution in [0.5, 0.6) is 0 Å². The summed E-state index contributed by atoms with van der Waals surface area (Å²) < 4.78 is 1.06. The zero-order valence-corrected chi connectivity index (χ0v) is 17.2. The molecular formula is C17H22BrN3OS2. The molecule has 1 fully saturated rings. The number of halogens is 1. The molecule has 0 saturated carbocycles. The standard InChI is InChI=1S/C17H22BrN3OS2/c1-12(2)3-4-20-5-7-21(8-6-20)17(22)14-11-24-16(19-14)15-9-13(18)10-23-15/h9-12H,3-8H2,1-2H3. The Hall–Kier alpha value is -0.760. The van der Waals surface area contributed by atoms with Crippen molar-refractivity contribution >= 4 is 44.5 Å². The van der Waals surface area contributed by atoms with E-state index in [0.29, 0.717) is 5.69 Å². The third-order valence-electron chi connectivity index (χ3n) is 4.18. The van der Waals surface area contributed by atoms with Crippen LogP contribution < -0.4 is 0 Å². The molecule has 3 rings (SSSR count). The Bertz CT molecular complexity index is 690. The third-order valence-corrected chi connectivity index (χ3v) is 6.89. The molecule has 4 nitrogen and oxygen atoms in total. The Kier molecular flexibility index (Phi) is 6.07. The molecule has 130 valence electrons. The molecule has 0 atom stereocenters. The molecule has 1 aliphatic rings. The van der Waals surface area contributed by atoms with Gasteiger partial charge in [-0.3, -0.25) is 9.69 Å². The number of piperazine rings is 1. The molecule has 0 aliphatic carbocycles. The second kappa shape index (κ2) is 8.08. The number of nitrogens with zero attached hydrogens (tertiary/aromatic N) is 3. The van der Waals surface area contributed by atoms with Gasteiger partial charge in [0.1, 0.15) is 10.7 Å². The van der Waals surface area contributed by atoms with Crippen LogP contribution in [0.2, 0.25) is 0 Å². The molecule has 0 unspecified atom stereocenters. The highest BCUT2D eigenvalue weighted by Crippen LogP contribution is 2.32. The summed E-state index contributed by atoms with van der Waals surface area (Å²) in [6, 6.07) is 2.05. The van der Waals surface area contributed by atoms with Crippen LogP contribution in [0.15, 0.2) is 21.3 Å². The molecule has 7 heteroatoms. The van der Waals surface area contributed by atoms with Gasteiger partial charge in [-0.1, -0.05) is 13.8 Å². The van der Waals surface area contributed by atoms with Gasteiger partial charge in [0, 0.05) is 41.4 Å². The van der Waals surface area contributed by atoms with E-state index in [1.54, 1.807) is 22.7 Å². The summed E-state index contributed by atoms with van der Waals surface area (Å²) in [6.45, 7) is 9.18. The van der Waals surface area contributed by atoms with E-state index >= 15 is 0 Å². The van der Waals surface area contributed by atoms with Crippen molar-refractivity contribution in [3.8, 4) is 9.88 Å². The first-order valence-electron chi connectivity index (χ1n) is 8.24. The number of thiophene rings is 1. The Morgan fingerprint density at radius 1 is 1.25 bits per heavy atom. The normalized spacial score (nSPS) is 16.1. The lowest BCUT2D eigenvalue weighted by molar-refractivity contribution is 0.0627. The highest BCUT2D eigenvalue weighted by Gasteiger charge is 2.24. The highest BCUT2D eigenvalue weighted by molar-refractivity contribution is 9.10. The number of rotatable bonds is 5. The number of carbonyl (C=O) groups excluding carboxylic acids is 1. The van der Waals surface area contributed by atoms with Gasteiger partial charge in [0.25, 0.3) is 5.91 Å². The van der Waals surface area contributed by atoms with E-state index in [9.17, 15) is 4.79 Å². The molecule has 1 aliphatic heterocycles. The predicted molar refractivity (Wildman–Crippen MR) is 105 cm³/mol. The van der Waals surface area contributed by atoms with Crippen molar-refractivity contribution in [2.24, 2.45) is 5.92 Å². The smallest absolute Gasteiger partial charge is 0.273 e. The zero-order chi connectivity index (χ0) is 17.1. The largest absolute Gasteiger partial charge is 0.335 e. The maximum Gasteiger partial charge on any atom is 0.273 e. The molecule has 0 spiro atoms. The zero-order valence-electron chi connectivity index (χ0n) is 14.0. The van der Waals surface area contributed by atoms with Crippen molar-refractivity contribution in [1.82, 2.24) is 14.8 Å². The van der Waals surface area contributed by atoms with E-state index in [1.165, 1.54) is 6.42 Å². The van der Waals surface area contributed by atoms with E-state index in [0.717, 1.165) is 53.0 Å². The number of hydrogen-bond acceptors (Lipinski definition) is 5. The van der Waals surface area contributed by atoms with Gasteiger partial charge >= 0.3 is 0 Å². The number of aromatic nitrogens is 1. The second-order valence-corrected chi connectivity index (χ2v) is 9.17. The van der Waals surface area contributed by atoms with E-state index in [1.807, 2.05) is 21.7 Å². The first-order valence-corrected chi connectivity index (χ1v) is 10.8. The average Bonchev–Trinajstić information content (AvgIpc) is 3.21. The number of carbonyl (C=O) groups is 1. The molecule has 0 radical (unpaired) electrons. The quantitative estimate of drug-likeness (QED) is 0.707. The Morgan fingerprint density at radius 2 is 2.00 bits per heavy atom. The second-order valence-electron chi connectivity index (χ2n) is 6.48. The fraction of sp³-hybridized carbons (Fsp3) is 0.529. The van der Waals surface area contributed by atoms with Gasteiger partial charge in [-0.15, -0.1) is 22.7 Å². The van der Waals surface area contributed by atoms with Gasteiger partial charge in [-0.25, -0.2) is 4.98 Å². The monoisotopic (exact) mass is 427 g/mol. The Balaban J connectivity index is 1.57. The van der Waals surface area contributed by atoms with Crippen molar-refractivity contribution in [3.05, 3.63) is 27.0 Å². The third kappa shape index (κ3) is 4.45. The summed E-state index contributed by atoms with van der Waals surface area (Å²) >= 11 is 6.64. The van der Waals surface area contributed by atoms with Crippen LogP contribution in [0.25, 0.3) is 9.88 Å². The number of hydrogen-bond donors (Lipinski definition) is 0. The van der Waals surface area contributed by atoms with Gasteiger partial charge in [0.15, 0.2) is 0 Å². The minimum atomic E-state index is 0.0663. The minimum Gasteiger partial charge on any atom is -0.335 e. The molecule has 0 N–H and O–H groups in total. The van der Waals surface area contributed by atoms with E-state index in [4.69, 9.17) is 0 Å². The summed E-state index contributed by atoms with van der Waals surface area (Å²) in [5.74, 6) is 0.798. The van der Waals surface area contributed by atoms with E-state index in [2.05, 4.69) is 39.7 Å². The van der Waals surface area contributed by atoms with Crippen LogP contribution in [0.4, 0.5) is 0 Å². The van der Waals surface area contributed by atoms with Crippen LogP contribution in [-0.4, -0.2) is 53.4 Å². The lowest BCUT2D eigenvalue weighted by atomic mass is 10.1. The van der Waals surface area contributed by atoms with Crippen molar-refractivity contribution < 1.29 is 4.79 Å². The Labute approximate surface area is 159 Å². The fourth-order valence-electron chi connectivity index (χ4n) is 2.69. The molecule has 1 saturated heterocycles. The first kappa shape index (κ1) is 18.0. The molecule has 3 heterocycles. The van der Waals surface area contributed by atoms with Gasteiger partial charge in [0.2, 0.25) is 0 Å². The lowest BCUT2D eigenvalue weighted by Gasteiger charge is -2.34. The molecule has 0 bridgehead atoms. The van der Waals surface area contributed by atoms with Gasteiger partial charge in [0.05, 0.1) is 4.88 Å². The first-order chi connectivity index (χ1) is 11.5. The maximum absolute atomic E-state index is 12.7. The number of amides is 1. The van der Waals surface area contributed by atoms with Gasteiger partial charge < -0.3 is 4.90 Å². The molecule has 2 aromatic rings. The van der Waals surface area contributed by atoms with Gasteiger partial charge in [-0.05, 0) is 40.9 Å². The molecular weight excluding hydrogens is 406 g/mol. The molecule has 2 aromatic heterocycles. The summed E-state index contributed by atoms with van der Waals surface area (Å²) in [5, 5.41) is 4.84. The van der Waals surface area contributed by atoms with E-state index < -0.39 is 0 Å². The van der Waals surface area contributed by atoms with E-state index in [-0.39, 0.29) is 5.91 Å². The molecule has 1 amide bonds. The summed E-state index contributed by atoms with van der Waals surface area (Å²) in [6.07, 6.45) is 1.22. The summed E-state index contributed by atoms with van der Waals surface area (Å²) in [5.41, 5.74) is 0.579. The summed E-state index contributed by atoms with van der Waals surface area (Å²) in [4.78, 5) is 22.7. The minimum absolute atomic E-state index is 0.0663. The Morgan fingerprint density at radius 3 is 2.62 bits per heavy atom. The highest BCUT2D eigenvalue weighted by atomic mass is 79.9. The molecule has 24 heavy (non-hydrogen) atoms. The van der Waals surface area contributed by atoms with Crippen LogP contribution in [0.1, 0.15) is 30.8 Å². The van der Waals surface area contributed by atoms with Crippen molar-refractivity contribution in [1.29, 1.82) is 0 Å². The lowest BCUT2D eigenvalue weighted by Crippen LogP contribution is -2.49. The fourth-order valence-corrected chi connectivity index (χ4v) is 4.99.